The van der Waals surface area contributed by atoms with E-state index >= 15 is 0 Å². The fourth-order valence-electron chi connectivity index (χ4n) is 1.71. The summed E-state index contributed by atoms with van der Waals surface area (Å²) in [6.45, 7) is 4.20. The third kappa shape index (κ3) is 2.51. The Kier molecular flexibility index (Phi) is 3.50. The lowest BCUT2D eigenvalue weighted by Gasteiger charge is -2.17. The molecule has 2 rings (SSSR count). The van der Waals surface area contributed by atoms with Crippen LogP contribution in [0.25, 0.3) is 5.69 Å². The maximum Gasteiger partial charge on any atom is 0.0994 e. The molecular formula is C13H16ClN3. The summed E-state index contributed by atoms with van der Waals surface area (Å²) in [7, 11) is 0. The third-order valence-electron chi connectivity index (χ3n) is 2.83. The van der Waals surface area contributed by atoms with Gasteiger partial charge in [0, 0.05) is 16.8 Å². The molecule has 1 aromatic heterocycles. The molecule has 90 valence electrons. The summed E-state index contributed by atoms with van der Waals surface area (Å²) >= 11 is 5.88. The first-order chi connectivity index (χ1) is 8.09. The maximum atomic E-state index is 6.16. The molecular weight excluding hydrogens is 234 g/mol. The van der Waals surface area contributed by atoms with E-state index in [0.717, 1.165) is 16.4 Å². The summed E-state index contributed by atoms with van der Waals surface area (Å²) < 4.78 is 2.00. The second kappa shape index (κ2) is 4.90. The van der Waals surface area contributed by atoms with Crippen LogP contribution in [0.4, 0.5) is 0 Å². The summed E-state index contributed by atoms with van der Waals surface area (Å²) in [4.78, 5) is 4.17. The predicted octanol–water partition coefficient (Wildman–Crippen LogP) is 3.18. The fraction of sp³-hybridized carbons (Fsp3) is 0.308. The Balaban J connectivity index is 2.40. The van der Waals surface area contributed by atoms with Crippen molar-refractivity contribution in [3.05, 3.63) is 47.5 Å². The van der Waals surface area contributed by atoms with Crippen LogP contribution >= 0.6 is 11.6 Å². The first-order valence-corrected chi connectivity index (χ1v) is 6.01. The molecule has 1 aromatic carbocycles. The fourth-order valence-corrected chi connectivity index (χ4v) is 1.84. The van der Waals surface area contributed by atoms with Gasteiger partial charge in [-0.1, -0.05) is 25.4 Å². The molecule has 0 aliphatic carbocycles. The van der Waals surface area contributed by atoms with Crippen LogP contribution in [0.5, 0.6) is 0 Å². The van der Waals surface area contributed by atoms with E-state index in [0.29, 0.717) is 5.92 Å². The lowest BCUT2D eigenvalue weighted by atomic mass is 10.0. The Bertz CT molecular complexity index is 488. The summed E-state index contributed by atoms with van der Waals surface area (Å²) in [5.74, 6) is 0.373. The summed E-state index contributed by atoms with van der Waals surface area (Å²) in [5.41, 5.74) is 8.21. The highest BCUT2D eigenvalue weighted by Gasteiger charge is 2.15. The van der Waals surface area contributed by atoms with Gasteiger partial charge in [0.2, 0.25) is 0 Å². The molecule has 1 unspecified atom stereocenters. The average Bonchev–Trinajstić information content (AvgIpc) is 2.77. The van der Waals surface area contributed by atoms with E-state index in [-0.39, 0.29) is 6.04 Å². The largest absolute Gasteiger partial charge is 0.322 e. The number of nitrogens with two attached hydrogens (primary N) is 1. The molecule has 0 saturated carbocycles. The minimum Gasteiger partial charge on any atom is -0.322 e. The number of hydrogen-bond acceptors (Lipinski definition) is 2. The molecule has 2 N–H and O–H groups in total. The zero-order valence-electron chi connectivity index (χ0n) is 9.97. The standard InChI is InChI=1S/C13H16ClN3/c1-9(2)13(15)12-7-16-8-17(12)11-5-3-10(14)4-6-11/h3-9,13H,15H2,1-2H3. The maximum absolute atomic E-state index is 6.16. The van der Waals surface area contributed by atoms with Gasteiger partial charge in [0.1, 0.15) is 0 Å². The summed E-state index contributed by atoms with van der Waals surface area (Å²) in [5, 5.41) is 0.726. The van der Waals surface area contributed by atoms with Crippen molar-refractivity contribution in [3.8, 4) is 5.69 Å². The average molecular weight is 250 g/mol. The summed E-state index contributed by atoms with van der Waals surface area (Å²) in [6.07, 6.45) is 3.60. The minimum atomic E-state index is -0.0202. The molecule has 17 heavy (non-hydrogen) atoms. The topological polar surface area (TPSA) is 43.8 Å². The Morgan fingerprint density at radius 3 is 2.47 bits per heavy atom. The van der Waals surface area contributed by atoms with Crippen LogP contribution < -0.4 is 5.73 Å². The molecule has 0 aliphatic heterocycles. The zero-order chi connectivity index (χ0) is 12.4. The first-order valence-electron chi connectivity index (χ1n) is 5.63. The van der Waals surface area contributed by atoms with Crippen molar-refractivity contribution in [2.75, 3.05) is 0 Å². The van der Waals surface area contributed by atoms with E-state index in [9.17, 15) is 0 Å². The van der Waals surface area contributed by atoms with E-state index in [2.05, 4.69) is 18.8 Å². The number of nitrogens with zero attached hydrogens (tertiary/aromatic N) is 2. The number of hydrogen-bond donors (Lipinski definition) is 1. The van der Waals surface area contributed by atoms with Crippen LogP contribution in [0, 0.1) is 5.92 Å². The molecule has 0 bridgehead atoms. The SMILES string of the molecule is CC(C)C(N)c1cncn1-c1ccc(Cl)cc1. The van der Waals surface area contributed by atoms with Crippen LogP contribution in [0.15, 0.2) is 36.8 Å². The van der Waals surface area contributed by atoms with Gasteiger partial charge in [0.05, 0.1) is 18.2 Å². The number of imidazole rings is 1. The Hall–Kier alpha value is -1.32. The molecule has 0 spiro atoms. The second-order valence-electron chi connectivity index (χ2n) is 4.43. The highest BCUT2D eigenvalue weighted by Crippen LogP contribution is 2.22. The lowest BCUT2D eigenvalue weighted by molar-refractivity contribution is 0.497. The number of benzene rings is 1. The highest BCUT2D eigenvalue weighted by atomic mass is 35.5. The molecule has 0 aliphatic rings. The van der Waals surface area contributed by atoms with Crippen molar-refractivity contribution in [2.24, 2.45) is 11.7 Å². The van der Waals surface area contributed by atoms with Gasteiger partial charge in [-0.2, -0.15) is 0 Å². The van der Waals surface area contributed by atoms with Gasteiger partial charge in [0.15, 0.2) is 0 Å². The van der Waals surface area contributed by atoms with Crippen LogP contribution in [0.3, 0.4) is 0 Å². The molecule has 2 aromatic rings. The van der Waals surface area contributed by atoms with Crippen molar-refractivity contribution in [3.63, 3.8) is 0 Å². The molecule has 3 nitrogen and oxygen atoms in total. The smallest absolute Gasteiger partial charge is 0.0994 e. The van der Waals surface area contributed by atoms with Gasteiger partial charge in [-0.15, -0.1) is 0 Å². The zero-order valence-corrected chi connectivity index (χ0v) is 10.7. The molecule has 1 heterocycles. The van der Waals surface area contributed by atoms with E-state index in [1.165, 1.54) is 0 Å². The number of aromatic nitrogens is 2. The number of halogens is 1. The summed E-state index contributed by atoms with van der Waals surface area (Å²) in [6, 6.07) is 7.62. The quantitative estimate of drug-likeness (QED) is 0.908. The van der Waals surface area contributed by atoms with Crippen LogP contribution in [-0.2, 0) is 0 Å². The van der Waals surface area contributed by atoms with E-state index in [4.69, 9.17) is 17.3 Å². The number of rotatable bonds is 3. The third-order valence-corrected chi connectivity index (χ3v) is 3.08. The monoisotopic (exact) mass is 249 g/mol. The van der Waals surface area contributed by atoms with Crippen molar-refractivity contribution in [1.82, 2.24) is 9.55 Å². The molecule has 0 saturated heterocycles. The van der Waals surface area contributed by atoms with Crippen molar-refractivity contribution < 1.29 is 0 Å². The van der Waals surface area contributed by atoms with Crippen molar-refractivity contribution >= 4 is 11.6 Å². The van der Waals surface area contributed by atoms with E-state index < -0.39 is 0 Å². The molecule has 0 radical (unpaired) electrons. The second-order valence-corrected chi connectivity index (χ2v) is 4.87. The van der Waals surface area contributed by atoms with Gasteiger partial charge in [-0.3, -0.25) is 0 Å². The molecule has 1 atom stereocenters. The predicted molar refractivity (Wildman–Crippen MR) is 70.3 cm³/mol. The van der Waals surface area contributed by atoms with Gasteiger partial charge < -0.3 is 10.3 Å². The Morgan fingerprint density at radius 1 is 1.24 bits per heavy atom. The van der Waals surface area contributed by atoms with Gasteiger partial charge in [-0.25, -0.2) is 4.98 Å². The first kappa shape index (κ1) is 12.1. The van der Waals surface area contributed by atoms with Crippen LogP contribution in [0.1, 0.15) is 25.6 Å². The Labute approximate surface area is 106 Å². The highest BCUT2D eigenvalue weighted by molar-refractivity contribution is 6.30. The van der Waals surface area contributed by atoms with Gasteiger partial charge in [0.25, 0.3) is 0 Å². The van der Waals surface area contributed by atoms with Crippen molar-refractivity contribution in [1.29, 1.82) is 0 Å². The molecule has 0 amide bonds. The lowest BCUT2D eigenvalue weighted by Crippen LogP contribution is -2.19. The van der Waals surface area contributed by atoms with Crippen LogP contribution in [-0.4, -0.2) is 9.55 Å². The van der Waals surface area contributed by atoms with E-state index in [1.54, 1.807) is 6.33 Å². The minimum absolute atomic E-state index is 0.0202. The normalized spacial score (nSPS) is 13.0. The molecule has 0 fully saturated rings. The van der Waals surface area contributed by atoms with E-state index in [1.807, 2.05) is 35.0 Å². The Morgan fingerprint density at radius 2 is 1.88 bits per heavy atom. The van der Waals surface area contributed by atoms with Gasteiger partial charge in [-0.05, 0) is 30.2 Å². The van der Waals surface area contributed by atoms with Crippen molar-refractivity contribution in [2.45, 2.75) is 19.9 Å². The van der Waals surface area contributed by atoms with Crippen LogP contribution in [0.2, 0.25) is 5.02 Å². The van der Waals surface area contributed by atoms with Gasteiger partial charge >= 0.3 is 0 Å². The molecule has 4 heteroatoms.